The summed E-state index contributed by atoms with van der Waals surface area (Å²) in [4.78, 5) is 4.05. The number of sulfone groups is 1. The van der Waals surface area contributed by atoms with Crippen molar-refractivity contribution in [2.45, 2.75) is 30.6 Å². The zero-order valence-electron chi connectivity index (χ0n) is 10.6. The molecule has 1 fully saturated rings. The maximum Gasteiger partial charge on any atom is 0.155 e. The Morgan fingerprint density at radius 2 is 2.21 bits per heavy atom. The zero-order valence-corrected chi connectivity index (χ0v) is 12.2. The van der Waals surface area contributed by atoms with Gasteiger partial charge in [-0.2, -0.15) is 5.26 Å². The molecule has 0 aliphatic heterocycles. The van der Waals surface area contributed by atoms with Gasteiger partial charge in [-0.15, -0.1) is 0 Å². The summed E-state index contributed by atoms with van der Waals surface area (Å²) < 4.78 is 22.9. The third-order valence-electron chi connectivity index (χ3n) is 3.59. The lowest BCUT2D eigenvalue weighted by molar-refractivity contribution is 0.568. The lowest BCUT2D eigenvalue weighted by atomic mass is 10.2. The summed E-state index contributed by atoms with van der Waals surface area (Å²) in [7, 11) is -3.12. The maximum absolute atomic E-state index is 11.8. The third kappa shape index (κ3) is 2.53. The maximum atomic E-state index is 11.8. The quantitative estimate of drug-likeness (QED) is 0.919. The van der Waals surface area contributed by atoms with Gasteiger partial charge in [-0.25, -0.2) is 13.4 Å². The standard InChI is InChI=1S/C12H14ClN3O2S/c1-8(12(3-4-12)19(2,17)18)16-11-10(13)5-9(6-14)7-15-11/h5,7-8H,3-4H2,1-2H3,(H,15,16)/t8-/m0/s1. The lowest BCUT2D eigenvalue weighted by Gasteiger charge is -2.23. The monoisotopic (exact) mass is 299 g/mol. The molecule has 1 saturated carbocycles. The number of halogens is 1. The van der Waals surface area contributed by atoms with Crippen molar-refractivity contribution in [1.82, 2.24) is 4.98 Å². The van der Waals surface area contributed by atoms with E-state index < -0.39 is 14.6 Å². The minimum Gasteiger partial charge on any atom is -0.365 e. The van der Waals surface area contributed by atoms with E-state index in [-0.39, 0.29) is 6.04 Å². The molecule has 102 valence electrons. The van der Waals surface area contributed by atoms with Gasteiger partial charge >= 0.3 is 0 Å². The molecule has 5 nitrogen and oxygen atoms in total. The van der Waals surface area contributed by atoms with Crippen LogP contribution < -0.4 is 5.32 Å². The van der Waals surface area contributed by atoms with Crippen LogP contribution in [0, 0.1) is 11.3 Å². The molecule has 1 aromatic heterocycles. The lowest BCUT2D eigenvalue weighted by Crippen LogP contribution is -2.39. The van der Waals surface area contributed by atoms with Crippen LogP contribution in [0.1, 0.15) is 25.3 Å². The smallest absolute Gasteiger partial charge is 0.155 e. The van der Waals surface area contributed by atoms with Crippen LogP contribution in [0.2, 0.25) is 5.02 Å². The average molecular weight is 300 g/mol. The highest BCUT2D eigenvalue weighted by Gasteiger charge is 2.56. The van der Waals surface area contributed by atoms with Gasteiger partial charge in [-0.3, -0.25) is 0 Å². The largest absolute Gasteiger partial charge is 0.365 e. The Morgan fingerprint density at radius 1 is 1.58 bits per heavy atom. The Balaban J connectivity index is 2.21. The summed E-state index contributed by atoms with van der Waals surface area (Å²) >= 11 is 6.01. The summed E-state index contributed by atoms with van der Waals surface area (Å²) in [6.07, 6.45) is 3.95. The first-order valence-corrected chi connectivity index (χ1v) is 8.09. The molecule has 7 heteroatoms. The van der Waals surface area contributed by atoms with Gasteiger partial charge in [0.1, 0.15) is 11.9 Å². The van der Waals surface area contributed by atoms with Crippen LogP contribution in [0.3, 0.4) is 0 Å². The number of aromatic nitrogens is 1. The molecule has 0 bridgehead atoms. The Labute approximate surface area is 117 Å². The molecular weight excluding hydrogens is 286 g/mol. The molecule has 1 N–H and O–H groups in total. The fraction of sp³-hybridized carbons (Fsp3) is 0.500. The van der Waals surface area contributed by atoms with Gasteiger partial charge in [0.15, 0.2) is 9.84 Å². The summed E-state index contributed by atoms with van der Waals surface area (Å²) in [5.74, 6) is 0.406. The van der Waals surface area contributed by atoms with Crippen LogP contribution in [0.4, 0.5) is 5.82 Å². The number of anilines is 1. The van der Waals surface area contributed by atoms with E-state index in [0.29, 0.717) is 29.2 Å². The molecule has 1 atom stereocenters. The highest BCUT2D eigenvalue weighted by molar-refractivity contribution is 7.92. The fourth-order valence-electron chi connectivity index (χ4n) is 2.19. The molecule has 0 unspecified atom stereocenters. The minimum atomic E-state index is -3.12. The Morgan fingerprint density at radius 3 is 2.63 bits per heavy atom. The van der Waals surface area contributed by atoms with E-state index >= 15 is 0 Å². The Hall–Kier alpha value is -1.32. The molecule has 0 aromatic carbocycles. The first kappa shape index (κ1) is 14.1. The summed E-state index contributed by atoms with van der Waals surface area (Å²) in [5, 5.41) is 12.1. The molecule has 0 radical (unpaired) electrons. The van der Waals surface area contributed by atoms with E-state index in [2.05, 4.69) is 10.3 Å². The molecule has 2 rings (SSSR count). The Kier molecular flexibility index (Phi) is 3.45. The molecule has 0 amide bonds. The van der Waals surface area contributed by atoms with Crippen molar-refractivity contribution in [3.05, 3.63) is 22.8 Å². The highest BCUT2D eigenvalue weighted by Crippen LogP contribution is 2.47. The predicted molar refractivity (Wildman–Crippen MR) is 73.9 cm³/mol. The minimum absolute atomic E-state index is 0.277. The van der Waals surface area contributed by atoms with Crippen molar-refractivity contribution in [2.24, 2.45) is 0 Å². The topological polar surface area (TPSA) is 82.8 Å². The van der Waals surface area contributed by atoms with Gasteiger partial charge in [-0.05, 0) is 25.8 Å². The van der Waals surface area contributed by atoms with Crippen molar-refractivity contribution >= 4 is 27.3 Å². The van der Waals surface area contributed by atoms with Crippen molar-refractivity contribution < 1.29 is 8.42 Å². The molecule has 1 heterocycles. The molecule has 1 aliphatic rings. The first-order valence-electron chi connectivity index (χ1n) is 5.82. The van der Waals surface area contributed by atoms with Crippen LogP contribution in [0.15, 0.2) is 12.3 Å². The number of nitrogens with zero attached hydrogens (tertiary/aromatic N) is 2. The normalized spacial score (nSPS) is 18.4. The molecule has 1 aliphatic carbocycles. The van der Waals surface area contributed by atoms with Crippen LogP contribution in [0.25, 0.3) is 0 Å². The second-order valence-corrected chi connectivity index (χ2v) is 7.63. The predicted octanol–water partition coefficient (Wildman–Crippen LogP) is 1.98. The van der Waals surface area contributed by atoms with Crippen LogP contribution >= 0.6 is 11.6 Å². The van der Waals surface area contributed by atoms with Crippen molar-refractivity contribution in [3.8, 4) is 6.07 Å². The average Bonchev–Trinajstić information content (AvgIpc) is 3.12. The second-order valence-electron chi connectivity index (χ2n) is 4.87. The van der Waals surface area contributed by atoms with E-state index in [1.54, 1.807) is 0 Å². The van der Waals surface area contributed by atoms with E-state index in [1.807, 2.05) is 13.0 Å². The van der Waals surface area contributed by atoms with Gasteiger partial charge in [0, 0.05) is 18.5 Å². The van der Waals surface area contributed by atoms with E-state index in [1.165, 1.54) is 18.5 Å². The van der Waals surface area contributed by atoms with E-state index in [9.17, 15) is 8.42 Å². The van der Waals surface area contributed by atoms with Crippen LogP contribution in [0.5, 0.6) is 0 Å². The van der Waals surface area contributed by atoms with Gasteiger partial charge in [0.25, 0.3) is 0 Å². The fourth-order valence-corrected chi connectivity index (χ4v) is 3.96. The van der Waals surface area contributed by atoms with Gasteiger partial charge in [0.05, 0.1) is 15.3 Å². The van der Waals surface area contributed by atoms with E-state index in [4.69, 9.17) is 16.9 Å². The van der Waals surface area contributed by atoms with Gasteiger partial charge in [-0.1, -0.05) is 11.6 Å². The van der Waals surface area contributed by atoms with Crippen molar-refractivity contribution in [1.29, 1.82) is 5.26 Å². The summed E-state index contributed by atoms with van der Waals surface area (Å²) in [6.45, 7) is 1.81. The second kappa shape index (κ2) is 4.66. The number of rotatable bonds is 4. The third-order valence-corrected chi connectivity index (χ3v) is 6.12. The SMILES string of the molecule is C[C@H](Nc1ncc(C#N)cc1Cl)C1(S(C)(=O)=O)CC1. The zero-order chi connectivity index (χ0) is 14.3. The Bertz CT molecular complexity index is 647. The number of hydrogen-bond donors (Lipinski definition) is 1. The molecule has 19 heavy (non-hydrogen) atoms. The summed E-state index contributed by atoms with van der Waals surface area (Å²) in [6, 6.07) is 3.17. The number of hydrogen-bond acceptors (Lipinski definition) is 5. The number of pyridine rings is 1. The van der Waals surface area contributed by atoms with Gasteiger partial charge < -0.3 is 5.32 Å². The first-order chi connectivity index (χ1) is 8.80. The van der Waals surface area contributed by atoms with Crippen LogP contribution in [-0.4, -0.2) is 30.4 Å². The number of nitriles is 1. The molecular formula is C12H14ClN3O2S. The molecule has 1 aromatic rings. The highest BCUT2D eigenvalue weighted by atomic mass is 35.5. The van der Waals surface area contributed by atoms with Crippen molar-refractivity contribution in [2.75, 3.05) is 11.6 Å². The number of nitrogens with one attached hydrogen (secondary N) is 1. The molecule has 0 saturated heterocycles. The molecule has 0 spiro atoms. The van der Waals surface area contributed by atoms with E-state index in [0.717, 1.165) is 0 Å². The van der Waals surface area contributed by atoms with Crippen LogP contribution in [-0.2, 0) is 9.84 Å². The van der Waals surface area contributed by atoms with Gasteiger partial charge in [0.2, 0.25) is 0 Å². The summed E-state index contributed by atoms with van der Waals surface area (Å²) in [5.41, 5.74) is 0.368. The van der Waals surface area contributed by atoms with Crippen molar-refractivity contribution in [3.63, 3.8) is 0 Å².